The zero-order chi connectivity index (χ0) is 13.6. The molecule has 0 aliphatic rings. The molecule has 4 heteroatoms. The topological polar surface area (TPSA) is 80.7 Å². The van der Waals surface area contributed by atoms with E-state index in [1.54, 1.807) is 0 Å². The summed E-state index contributed by atoms with van der Waals surface area (Å²) in [5, 5.41) is 0. The van der Waals surface area contributed by atoms with Gasteiger partial charge in [0.15, 0.2) is 0 Å². The molecule has 0 saturated carbocycles. The molecule has 5 N–H and O–H groups in total. The SMILES string of the molecule is Cc1cc(-c2nc3c(C)c(N)ccc3[nH]2)ccc1N. The minimum absolute atomic E-state index is 0.763. The molecule has 0 amide bonds. The van der Waals surface area contributed by atoms with Crippen LogP contribution in [0, 0.1) is 13.8 Å². The summed E-state index contributed by atoms with van der Waals surface area (Å²) in [5.74, 6) is 0.840. The molecule has 19 heavy (non-hydrogen) atoms. The number of anilines is 2. The third-order valence-electron chi connectivity index (χ3n) is 3.49. The Morgan fingerprint density at radius 3 is 2.47 bits per heavy atom. The van der Waals surface area contributed by atoms with Crippen LogP contribution in [0.25, 0.3) is 22.4 Å². The third kappa shape index (κ3) is 1.81. The van der Waals surface area contributed by atoms with Gasteiger partial charge in [0.2, 0.25) is 0 Å². The van der Waals surface area contributed by atoms with Gasteiger partial charge in [-0.3, -0.25) is 0 Å². The van der Waals surface area contributed by atoms with E-state index >= 15 is 0 Å². The van der Waals surface area contributed by atoms with E-state index in [0.717, 1.165) is 44.9 Å². The Morgan fingerprint density at radius 1 is 1.00 bits per heavy atom. The molecule has 0 atom stereocenters. The summed E-state index contributed by atoms with van der Waals surface area (Å²) < 4.78 is 0. The van der Waals surface area contributed by atoms with Gasteiger partial charge in [0.25, 0.3) is 0 Å². The minimum Gasteiger partial charge on any atom is -0.399 e. The van der Waals surface area contributed by atoms with Crippen LogP contribution in [0.15, 0.2) is 30.3 Å². The summed E-state index contributed by atoms with van der Waals surface area (Å²) in [5.41, 5.74) is 18.3. The highest BCUT2D eigenvalue weighted by Gasteiger charge is 2.09. The molecule has 0 spiro atoms. The van der Waals surface area contributed by atoms with E-state index in [-0.39, 0.29) is 0 Å². The number of nitrogens with one attached hydrogen (secondary N) is 1. The average Bonchev–Trinajstić information content (AvgIpc) is 2.82. The predicted molar refractivity (Wildman–Crippen MR) is 79.8 cm³/mol. The fourth-order valence-corrected chi connectivity index (χ4v) is 2.19. The van der Waals surface area contributed by atoms with Crippen LogP contribution in [0.2, 0.25) is 0 Å². The number of nitrogens with zero attached hydrogens (tertiary/aromatic N) is 1. The van der Waals surface area contributed by atoms with Crippen LogP contribution in [0.5, 0.6) is 0 Å². The van der Waals surface area contributed by atoms with Gasteiger partial charge >= 0.3 is 0 Å². The zero-order valence-electron chi connectivity index (χ0n) is 11.0. The Hall–Kier alpha value is -2.49. The molecule has 0 bridgehead atoms. The Bertz CT molecular complexity index is 771. The van der Waals surface area contributed by atoms with Crippen molar-refractivity contribution in [3.05, 3.63) is 41.5 Å². The first kappa shape index (κ1) is 11.6. The van der Waals surface area contributed by atoms with Crippen LogP contribution in [-0.2, 0) is 0 Å². The number of rotatable bonds is 1. The van der Waals surface area contributed by atoms with Gasteiger partial charge in [-0.05, 0) is 55.3 Å². The number of hydrogen-bond donors (Lipinski definition) is 3. The van der Waals surface area contributed by atoms with Gasteiger partial charge in [0, 0.05) is 16.9 Å². The van der Waals surface area contributed by atoms with Crippen molar-refractivity contribution in [2.24, 2.45) is 0 Å². The fourth-order valence-electron chi connectivity index (χ4n) is 2.19. The van der Waals surface area contributed by atoms with E-state index in [1.165, 1.54) is 0 Å². The molecular weight excluding hydrogens is 236 g/mol. The number of imidazole rings is 1. The second-order valence-electron chi connectivity index (χ2n) is 4.83. The maximum Gasteiger partial charge on any atom is 0.138 e. The lowest BCUT2D eigenvalue weighted by molar-refractivity contribution is 1.32. The number of aromatic nitrogens is 2. The Kier molecular flexibility index (Phi) is 2.45. The number of nitrogen functional groups attached to an aromatic ring is 2. The number of fused-ring (bicyclic) bond motifs is 1. The normalized spacial score (nSPS) is 11.1. The number of nitrogens with two attached hydrogens (primary N) is 2. The van der Waals surface area contributed by atoms with Crippen molar-refractivity contribution < 1.29 is 0 Å². The van der Waals surface area contributed by atoms with Gasteiger partial charge < -0.3 is 16.5 Å². The number of H-pyrrole nitrogens is 1. The smallest absolute Gasteiger partial charge is 0.138 e. The molecule has 0 fully saturated rings. The van der Waals surface area contributed by atoms with E-state index in [0.29, 0.717) is 0 Å². The highest BCUT2D eigenvalue weighted by Crippen LogP contribution is 2.27. The molecule has 96 valence electrons. The number of aromatic amines is 1. The van der Waals surface area contributed by atoms with Crippen molar-refractivity contribution in [3.8, 4) is 11.4 Å². The maximum atomic E-state index is 5.91. The van der Waals surface area contributed by atoms with E-state index in [4.69, 9.17) is 11.5 Å². The maximum absolute atomic E-state index is 5.91. The lowest BCUT2D eigenvalue weighted by atomic mass is 10.1. The summed E-state index contributed by atoms with van der Waals surface area (Å²) in [4.78, 5) is 7.96. The highest BCUT2D eigenvalue weighted by atomic mass is 14.9. The lowest BCUT2D eigenvalue weighted by Gasteiger charge is -2.02. The van der Waals surface area contributed by atoms with Crippen LogP contribution >= 0.6 is 0 Å². The number of benzene rings is 2. The fraction of sp³-hybridized carbons (Fsp3) is 0.133. The van der Waals surface area contributed by atoms with Crippen molar-refractivity contribution in [2.45, 2.75) is 13.8 Å². The standard InChI is InChI=1S/C15H16N4/c1-8-7-10(3-4-11(8)16)15-18-13-6-5-12(17)9(2)14(13)19-15/h3-7H,16-17H2,1-2H3,(H,18,19). The molecule has 1 heterocycles. The first-order valence-corrected chi connectivity index (χ1v) is 6.17. The van der Waals surface area contributed by atoms with Gasteiger partial charge in [-0.25, -0.2) is 4.98 Å². The van der Waals surface area contributed by atoms with Crippen molar-refractivity contribution in [2.75, 3.05) is 11.5 Å². The molecule has 2 aromatic carbocycles. The zero-order valence-corrected chi connectivity index (χ0v) is 11.0. The largest absolute Gasteiger partial charge is 0.399 e. The predicted octanol–water partition coefficient (Wildman–Crippen LogP) is 3.01. The summed E-state index contributed by atoms with van der Waals surface area (Å²) in [6, 6.07) is 9.76. The molecule has 0 aliphatic carbocycles. The Morgan fingerprint density at radius 2 is 1.74 bits per heavy atom. The van der Waals surface area contributed by atoms with Crippen LogP contribution in [0.4, 0.5) is 11.4 Å². The quantitative estimate of drug-likeness (QED) is 0.582. The summed E-state index contributed by atoms with van der Waals surface area (Å²) in [6.45, 7) is 3.97. The van der Waals surface area contributed by atoms with Crippen LogP contribution in [0.3, 0.4) is 0 Å². The molecule has 1 aromatic heterocycles. The molecule has 3 aromatic rings. The average molecular weight is 252 g/mol. The van der Waals surface area contributed by atoms with Gasteiger partial charge in [0.05, 0.1) is 11.0 Å². The number of hydrogen-bond acceptors (Lipinski definition) is 3. The van der Waals surface area contributed by atoms with Gasteiger partial charge in [-0.1, -0.05) is 0 Å². The monoisotopic (exact) mass is 252 g/mol. The Balaban J connectivity index is 2.20. The van der Waals surface area contributed by atoms with Crippen LogP contribution in [0.1, 0.15) is 11.1 Å². The van der Waals surface area contributed by atoms with Crippen molar-refractivity contribution in [3.63, 3.8) is 0 Å². The van der Waals surface area contributed by atoms with Gasteiger partial charge in [-0.2, -0.15) is 0 Å². The molecule has 4 nitrogen and oxygen atoms in total. The van der Waals surface area contributed by atoms with Gasteiger partial charge in [0.1, 0.15) is 5.82 Å². The number of aryl methyl sites for hydroxylation is 2. The molecular formula is C15H16N4. The van der Waals surface area contributed by atoms with E-state index in [2.05, 4.69) is 9.97 Å². The molecule has 0 unspecified atom stereocenters. The van der Waals surface area contributed by atoms with Crippen LogP contribution < -0.4 is 11.5 Å². The summed E-state index contributed by atoms with van der Waals surface area (Å²) in [7, 11) is 0. The third-order valence-corrected chi connectivity index (χ3v) is 3.49. The lowest BCUT2D eigenvalue weighted by Crippen LogP contribution is -1.90. The Labute approximate surface area is 111 Å². The molecule has 3 rings (SSSR count). The van der Waals surface area contributed by atoms with Crippen molar-refractivity contribution >= 4 is 22.4 Å². The molecule has 0 radical (unpaired) electrons. The summed E-state index contributed by atoms with van der Waals surface area (Å²) >= 11 is 0. The summed E-state index contributed by atoms with van der Waals surface area (Å²) in [6.07, 6.45) is 0. The van der Waals surface area contributed by atoms with E-state index in [9.17, 15) is 0 Å². The molecule has 0 aliphatic heterocycles. The molecule has 0 saturated heterocycles. The van der Waals surface area contributed by atoms with Crippen molar-refractivity contribution in [1.29, 1.82) is 0 Å². The first-order chi connectivity index (χ1) is 9.06. The second kappa shape index (κ2) is 4.02. The van der Waals surface area contributed by atoms with Crippen LogP contribution in [-0.4, -0.2) is 9.97 Å². The second-order valence-corrected chi connectivity index (χ2v) is 4.83. The highest BCUT2D eigenvalue weighted by molar-refractivity contribution is 5.86. The van der Waals surface area contributed by atoms with Crippen molar-refractivity contribution in [1.82, 2.24) is 9.97 Å². The first-order valence-electron chi connectivity index (χ1n) is 6.17. The van der Waals surface area contributed by atoms with E-state index in [1.807, 2.05) is 44.2 Å². The minimum atomic E-state index is 0.763. The van der Waals surface area contributed by atoms with E-state index < -0.39 is 0 Å². The van der Waals surface area contributed by atoms with Gasteiger partial charge in [-0.15, -0.1) is 0 Å².